The number of benzene rings is 1. The molecule has 0 spiro atoms. The van der Waals surface area contributed by atoms with E-state index in [1.165, 1.54) is 23.9 Å². The molecule has 3 rings (SSSR count). The van der Waals surface area contributed by atoms with Crippen molar-refractivity contribution in [2.75, 3.05) is 0 Å². The zero-order valence-electron chi connectivity index (χ0n) is 14.9. The lowest BCUT2D eigenvalue weighted by Gasteiger charge is -2.08. The minimum Gasteiger partial charge on any atom is -0.491 e. The molecule has 0 aliphatic heterocycles. The molecule has 0 fully saturated rings. The summed E-state index contributed by atoms with van der Waals surface area (Å²) in [7, 11) is 0. The highest BCUT2D eigenvalue weighted by Gasteiger charge is 2.30. The van der Waals surface area contributed by atoms with Gasteiger partial charge in [-0.25, -0.2) is 9.78 Å². The van der Waals surface area contributed by atoms with Crippen molar-refractivity contribution in [1.29, 1.82) is 0 Å². The Balaban J connectivity index is 2.13. The Bertz CT molecular complexity index is 1060. The van der Waals surface area contributed by atoms with Crippen LogP contribution in [0.3, 0.4) is 0 Å². The van der Waals surface area contributed by atoms with E-state index in [1.54, 1.807) is 0 Å². The number of aromatic hydroxyl groups is 1. The lowest BCUT2D eigenvalue weighted by Crippen LogP contribution is -2.08. The number of alkyl halides is 3. The van der Waals surface area contributed by atoms with Crippen molar-refractivity contribution in [3.05, 3.63) is 40.0 Å². The second-order valence-corrected chi connectivity index (χ2v) is 9.69. The van der Waals surface area contributed by atoms with E-state index in [9.17, 15) is 28.2 Å². The van der Waals surface area contributed by atoms with Crippen LogP contribution >= 0.6 is 39.0 Å². The van der Waals surface area contributed by atoms with Crippen LogP contribution in [0, 0.1) is 0 Å². The number of carboxylic acids is 1. The van der Waals surface area contributed by atoms with Crippen LogP contribution in [0.2, 0.25) is 0 Å². The number of hydrogen-bond donors (Lipinski definition) is 2. The van der Waals surface area contributed by atoms with Gasteiger partial charge in [-0.3, -0.25) is 0 Å². The highest BCUT2D eigenvalue weighted by atomic mass is 79.9. The number of hydrogen-bond acceptors (Lipinski definition) is 6. The van der Waals surface area contributed by atoms with Crippen molar-refractivity contribution in [2.45, 2.75) is 29.5 Å². The summed E-state index contributed by atoms with van der Waals surface area (Å²) in [5, 5.41) is 23.4. The monoisotopic (exact) mass is 507 g/mol. The first-order valence-corrected chi connectivity index (χ1v) is 10.5. The normalized spacial score (nSPS) is 12.0. The molecular formula is C17H13BrF3N3O3S2. The zero-order chi connectivity index (χ0) is 21.5. The van der Waals surface area contributed by atoms with E-state index >= 15 is 0 Å². The summed E-state index contributed by atoms with van der Waals surface area (Å²) in [6.45, 7) is 3.89. The average molecular weight is 508 g/mol. The summed E-state index contributed by atoms with van der Waals surface area (Å²) in [5.74, 6) is -1.83. The Labute approximate surface area is 179 Å². The minimum absolute atomic E-state index is 0.0886. The van der Waals surface area contributed by atoms with Crippen molar-refractivity contribution in [2.24, 2.45) is 0 Å². The predicted molar refractivity (Wildman–Crippen MR) is 107 cm³/mol. The fraction of sp³-hybridized carbons (Fsp3) is 0.235. The maximum absolute atomic E-state index is 12.8. The van der Waals surface area contributed by atoms with Gasteiger partial charge in [0.1, 0.15) is 4.47 Å². The van der Waals surface area contributed by atoms with E-state index in [2.05, 4.69) is 26.0 Å². The molecule has 0 bridgehead atoms. The quantitative estimate of drug-likeness (QED) is 0.431. The molecule has 29 heavy (non-hydrogen) atoms. The van der Waals surface area contributed by atoms with Gasteiger partial charge in [0.2, 0.25) is 11.0 Å². The highest BCUT2D eigenvalue weighted by molar-refractivity contribution is 9.10. The average Bonchev–Trinajstić information content (AvgIpc) is 3.15. The second-order valence-electron chi connectivity index (χ2n) is 6.08. The largest absolute Gasteiger partial charge is 0.491 e. The number of thiazole rings is 1. The van der Waals surface area contributed by atoms with Crippen LogP contribution in [0.5, 0.6) is 5.88 Å². The van der Waals surface area contributed by atoms with E-state index in [1.807, 2.05) is 13.8 Å². The van der Waals surface area contributed by atoms with E-state index in [-0.39, 0.29) is 20.5 Å². The Morgan fingerprint density at radius 2 is 1.90 bits per heavy atom. The number of rotatable bonds is 5. The number of thioether (sulfide) groups is 1. The first-order valence-electron chi connectivity index (χ1n) is 8.05. The van der Waals surface area contributed by atoms with E-state index < -0.39 is 23.6 Å². The van der Waals surface area contributed by atoms with E-state index in [4.69, 9.17) is 0 Å². The molecule has 0 aliphatic rings. The maximum atomic E-state index is 12.8. The van der Waals surface area contributed by atoms with Crippen LogP contribution in [0.1, 0.15) is 29.9 Å². The van der Waals surface area contributed by atoms with E-state index in [0.29, 0.717) is 15.5 Å². The predicted octanol–water partition coefficient (Wildman–Crippen LogP) is 5.68. The number of aromatic carboxylic acids is 1. The van der Waals surface area contributed by atoms with Gasteiger partial charge in [-0.05, 0) is 28.1 Å². The number of carboxylic acid groups (broad SMARTS) is 1. The molecule has 0 unspecified atom stereocenters. The minimum atomic E-state index is -4.45. The first-order chi connectivity index (χ1) is 13.5. The Kier molecular flexibility index (Phi) is 5.97. The summed E-state index contributed by atoms with van der Waals surface area (Å²) < 4.78 is 40.1. The van der Waals surface area contributed by atoms with E-state index in [0.717, 1.165) is 28.2 Å². The van der Waals surface area contributed by atoms with Gasteiger partial charge in [-0.15, -0.1) is 16.9 Å². The molecule has 0 saturated carbocycles. The Morgan fingerprint density at radius 3 is 2.41 bits per heavy atom. The molecule has 2 N–H and O–H groups in total. The number of carbonyl (C=O) groups is 1. The van der Waals surface area contributed by atoms with Crippen LogP contribution in [-0.2, 0) is 6.18 Å². The smallest absolute Gasteiger partial charge is 0.416 e. The topological polar surface area (TPSA) is 88.2 Å². The van der Waals surface area contributed by atoms with Gasteiger partial charge in [0.05, 0.1) is 15.5 Å². The zero-order valence-corrected chi connectivity index (χ0v) is 18.1. The van der Waals surface area contributed by atoms with Crippen molar-refractivity contribution in [3.63, 3.8) is 0 Å². The third kappa shape index (κ3) is 4.43. The van der Waals surface area contributed by atoms with Gasteiger partial charge in [0, 0.05) is 10.8 Å². The molecule has 6 nitrogen and oxygen atoms in total. The molecular weight excluding hydrogens is 495 g/mol. The number of aromatic nitrogens is 3. The summed E-state index contributed by atoms with van der Waals surface area (Å²) in [5.41, 5.74) is -0.212. The highest BCUT2D eigenvalue weighted by Crippen LogP contribution is 2.41. The van der Waals surface area contributed by atoms with Crippen molar-refractivity contribution >= 4 is 45.0 Å². The summed E-state index contributed by atoms with van der Waals surface area (Å²) in [4.78, 5) is 16.0. The third-order valence-corrected chi connectivity index (χ3v) is 6.58. The van der Waals surface area contributed by atoms with Gasteiger partial charge >= 0.3 is 12.1 Å². The van der Waals surface area contributed by atoms with Gasteiger partial charge in [-0.2, -0.15) is 17.9 Å². The Hall–Kier alpha value is -2.05. The molecule has 3 aromatic rings. The number of halogens is 4. The molecule has 2 heterocycles. The van der Waals surface area contributed by atoms with Crippen LogP contribution < -0.4 is 0 Å². The molecule has 12 heteroatoms. The molecule has 0 aliphatic carbocycles. The van der Waals surface area contributed by atoms with Crippen molar-refractivity contribution < 1.29 is 28.2 Å². The molecule has 2 aromatic heterocycles. The van der Waals surface area contributed by atoms with Crippen molar-refractivity contribution in [3.8, 4) is 22.3 Å². The van der Waals surface area contributed by atoms with Gasteiger partial charge in [0.15, 0.2) is 5.69 Å². The lowest BCUT2D eigenvalue weighted by molar-refractivity contribution is -0.137. The van der Waals surface area contributed by atoms with Crippen LogP contribution in [-0.4, -0.2) is 36.2 Å². The maximum Gasteiger partial charge on any atom is 0.416 e. The molecule has 1 aromatic carbocycles. The molecule has 0 saturated heterocycles. The fourth-order valence-electron chi connectivity index (χ4n) is 2.39. The van der Waals surface area contributed by atoms with Gasteiger partial charge in [-0.1, -0.05) is 37.3 Å². The SMILES string of the molecule is CC(C)Sc1sc(-n2nc(O)c(Br)c2C(=O)O)nc1-c1ccc(C(F)(F)F)cc1. The molecule has 0 amide bonds. The third-order valence-electron chi connectivity index (χ3n) is 3.61. The van der Waals surface area contributed by atoms with Crippen LogP contribution in [0.4, 0.5) is 13.2 Å². The first kappa shape index (κ1) is 21.7. The molecule has 0 radical (unpaired) electrons. The molecule has 0 atom stereocenters. The summed E-state index contributed by atoms with van der Waals surface area (Å²) >= 11 is 5.56. The number of nitrogens with zero attached hydrogens (tertiary/aromatic N) is 3. The van der Waals surface area contributed by atoms with Crippen LogP contribution in [0.15, 0.2) is 32.9 Å². The molecule has 154 valence electrons. The fourth-order valence-corrected chi connectivity index (χ4v) is 5.28. The van der Waals surface area contributed by atoms with Crippen LogP contribution in [0.25, 0.3) is 16.4 Å². The van der Waals surface area contributed by atoms with Gasteiger partial charge in [0.25, 0.3) is 0 Å². The second kappa shape index (κ2) is 8.00. The lowest BCUT2D eigenvalue weighted by atomic mass is 10.1. The summed E-state index contributed by atoms with van der Waals surface area (Å²) in [6.07, 6.45) is -4.45. The van der Waals surface area contributed by atoms with Gasteiger partial charge < -0.3 is 10.2 Å². The summed E-state index contributed by atoms with van der Waals surface area (Å²) in [6, 6.07) is 4.58. The van der Waals surface area contributed by atoms with Crippen molar-refractivity contribution in [1.82, 2.24) is 14.8 Å². The Morgan fingerprint density at radius 1 is 1.28 bits per heavy atom. The standard InChI is InChI=1S/C17H13BrF3N3O3S2/c1-7(2)28-15-11(8-3-5-9(6-4-8)17(19,20)21)22-16(29-15)24-12(14(26)27)10(18)13(25)23-24/h3-7H,1-2H3,(H,23,25)(H,26,27).